The average molecular weight is 458 g/mol. The van der Waals surface area contributed by atoms with Crippen molar-refractivity contribution in [3.05, 3.63) is 35.5 Å². The fraction of sp³-hybridized carbons (Fsp3) is 0.500. The van der Waals surface area contributed by atoms with Crippen LogP contribution in [0.15, 0.2) is 34.3 Å². The van der Waals surface area contributed by atoms with Crippen molar-refractivity contribution in [3.8, 4) is 5.75 Å². The van der Waals surface area contributed by atoms with Gasteiger partial charge in [0.05, 0.1) is 55.9 Å². The summed E-state index contributed by atoms with van der Waals surface area (Å²) in [5, 5.41) is 11.1. The van der Waals surface area contributed by atoms with Crippen molar-refractivity contribution in [1.29, 1.82) is 0 Å². The summed E-state index contributed by atoms with van der Waals surface area (Å²) in [5.41, 5.74) is 3.07. The van der Waals surface area contributed by atoms with Gasteiger partial charge in [0, 0.05) is 25.1 Å². The van der Waals surface area contributed by atoms with Crippen molar-refractivity contribution in [2.24, 2.45) is 5.16 Å². The van der Waals surface area contributed by atoms with Crippen molar-refractivity contribution in [2.45, 2.75) is 29.9 Å². The maximum Gasteiger partial charge on any atom is 0.225 e. The van der Waals surface area contributed by atoms with Gasteiger partial charge < -0.3 is 29.7 Å². The molecule has 1 fully saturated rings. The number of methoxy groups -OCH3 is 1. The van der Waals surface area contributed by atoms with E-state index in [1.807, 2.05) is 24.3 Å². The van der Waals surface area contributed by atoms with E-state index in [4.69, 9.17) is 29.0 Å². The second-order valence-electron chi connectivity index (χ2n) is 7.80. The third kappa shape index (κ3) is 4.92. The molecule has 0 amide bonds. The number of rotatable bonds is 8. The Balaban J connectivity index is 1.19. The Bertz CT molecular complexity index is 966. The lowest BCUT2D eigenvalue weighted by Crippen LogP contribution is -2.34. The second-order valence-corrected chi connectivity index (χ2v) is 8.90. The number of fused-ring (bicyclic) bond motifs is 1. The van der Waals surface area contributed by atoms with Crippen LogP contribution in [0.25, 0.3) is 0 Å². The summed E-state index contributed by atoms with van der Waals surface area (Å²) in [6.45, 7) is 3.11. The number of anilines is 2. The molecule has 2 atom stereocenters. The molecule has 1 aromatic heterocycles. The van der Waals surface area contributed by atoms with Crippen molar-refractivity contribution in [3.63, 3.8) is 0 Å². The lowest BCUT2D eigenvalue weighted by molar-refractivity contribution is -0.0819. The average Bonchev–Trinajstić information content (AvgIpc) is 3.52. The van der Waals surface area contributed by atoms with Crippen LogP contribution in [0.5, 0.6) is 5.75 Å². The molecule has 170 valence electrons. The fourth-order valence-corrected chi connectivity index (χ4v) is 4.90. The highest BCUT2D eigenvalue weighted by molar-refractivity contribution is 7.99. The van der Waals surface area contributed by atoms with E-state index >= 15 is 0 Å². The molecule has 3 aliphatic heterocycles. The van der Waals surface area contributed by atoms with Crippen molar-refractivity contribution < 1.29 is 19.0 Å². The molecule has 4 heterocycles. The smallest absolute Gasteiger partial charge is 0.225 e. The molecule has 3 aliphatic rings. The summed E-state index contributed by atoms with van der Waals surface area (Å²) < 4.78 is 16.4. The number of ether oxygens (including phenoxy) is 3. The van der Waals surface area contributed by atoms with Gasteiger partial charge in [-0.3, -0.25) is 0 Å². The molecule has 1 aromatic carbocycles. The molecule has 0 saturated carbocycles. The standard InChI is InChI=1S/C22H27N5O4S/c1-28-15-4-2-14(3-5-15)19-10-16(31-27-19)11-23-21-20-18(6-9-32-20)25-22(26-21)24-12-17-13-29-7-8-30-17/h2-5,16-17H,6-13H2,1H3,(H2,23,24,25,26). The molecule has 2 N–H and O–H groups in total. The second kappa shape index (κ2) is 9.93. The number of nitrogens with one attached hydrogen (secondary N) is 2. The number of benzene rings is 1. The Labute approximate surface area is 191 Å². The maximum absolute atomic E-state index is 5.70. The van der Waals surface area contributed by atoms with E-state index < -0.39 is 0 Å². The summed E-state index contributed by atoms with van der Waals surface area (Å²) in [5.74, 6) is 3.31. The lowest BCUT2D eigenvalue weighted by atomic mass is 10.0. The van der Waals surface area contributed by atoms with Crippen molar-refractivity contribution in [1.82, 2.24) is 9.97 Å². The molecule has 5 rings (SSSR count). The number of thioether (sulfide) groups is 1. The third-order valence-electron chi connectivity index (χ3n) is 5.55. The first-order valence-corrected chi connectivity index (χ1v) is 11.8. The summed E-state index contributed by atoms with van der Waals surface area (Å²) in [4.78, 5) is 16.2. The molecule has 0 aliphatic carbocycles. The molecule has 10 heteroatoms. The molecule has 0 bridgehead atoms. The Morgan fingerprint density at radius 3 is 2.78 bits per heavy atom. The van der Waals surface area contributed by atoms with E-state index in [0.717, 1.165) is 52.0 Å². The first kappa shape index (κ1) is 21.3. The summed E-state index contributed by atoms with van der Waals surface area (Å²) in [6, 6.07) is 7.88. The topological polar surface area (TPSA) is 99.1 Å². The third-order valence-corrected chi connectivity index (χ3v) is 6.67. The first-order valence-electron chi connectivity index (χ1n) is 10.9. The Hall–Kier alpha value is -2.56. The molecule has 2 aromatic rings. The zero-order valence-electron chi connectivity index (χ0n) is 18.0. The molecule has 0 radical (unpaired) electrons. The number of hydrogen-bond acceptors (Lipinski definition) is 10. The minimum atomic E-state index is -0.0479. The molecule has 2 unspecified atom stereocenters. The largest absolute Gasteiger partial charge is 0.497 e. The van der Waals surface area contributed by atoms with E-state index in [9.17, 15) is 0 Å². The first-order chi connectivity index (χ1) is 15.8. The highest BCUT2D eigenvalue weighted by atomic mass is 32.2. The van der Waals surface area contributed by atoms with E-state index in [2.05, 4.69) is 15.8 Å². The van der Waals surface area contributed by atoms with E-state index in [-0.39, 0.29) is 12.2 Å². The van der Waals surface area contributed by atoms with Crippen LogP contribution in [0, 0.1) is 0 Å². The number of hydrogen-bond donors (Lipinski definition) is 2. The van der Waals surface area contributed by atoms with Gasteiger partial charge >= 0.3 is 0 Å². The van der Waals surface area contributed by atoms with Crippen molar-refractivity contribution >= 4 is 29.2 Å². The van der Waals surface area contributed by atoms with Crippen LogP contribution in [-0.2, 0) is 20.7 Å². The highest BCUT2D eigenvalue weighted by Crippen LogP contribution is 2.36. The number of aromatic nitrogens is 2. The molecular weight excluding hydrogens is 430 g/mol. The monoisotopic (exact) mass is 457 g/mol. The molecule has 9 nitrogen and oxygen atoms in total. The van der Waals surface area contributed by atoms with Crippen LogP contribution in [0.2, 0.25) is 0 Å². The zero-order chi connectivity index (χ0) is 21.8. The molecule has 1 saturated heterocycles. The van der Waals surface area contributed by atoms with Gasteiger partial charge in [-0.2, -0.15) is 4.98 Å². The minimum Gasteiger partial charge on any atom is -0.497 e. The Morgan fingerprint density at radius 2 is 1.97 bits per heavy atom. The summed E-state index contributed by atoms with van der Waals surface area (Å²) in [6.07, 6.45) is 1.66. The van der Waals surface area contributed by atoms with E-state index in [1.165, 1.54) is 0 Å². The Kier molecular flexibility index (Phi) is 6.61. The molecule has 32 heavy (non-hydrogen) atoms. The quantitative estimate of drug-likeness (QED) is 0.620. The normalized spacial score (nSPS) is 22.1. The lowest BCUT2D eigenvalue weighted by Gasteiger charge is -2.23. The van der Waals surface area contributed by atoms with Crippen LogP contribution in [0.1, 0.15) is 17.7 Å². The van der Waals surface area contributed by atoms with E-state index in [1.54, 1.807) is 18.9 Å². The van der Waals surface area contributed by atoms with Crippen LogP contribution in [0.4, 0.5) is 11.8 Å². The number of aryl methyl sites for hydroxylation is 1. The van der Waals surface area contributed by atoms with Crippen LogP contribution in [-0.4, -0.2) is 73.7 Å². The predicted molar refractivity (Wildman–Crippen MR) is 123 cm³/mol. The van der Waals surface area contributed by atoms with Gasteiger partial charge in [-0.05, 0) is 29.8 Å². The van der Waals surface area contributed by atoms with Crippen LogP contribution >= 0.6 is 11.8 Å². The van der Waals surface area contributed by atoms with Gasteiger partial charge in [-0.1, -0.05) is 5.16 Å². The predicted octanol–water partition coefficient (Wildman–Crippen LogP) is 2.57. The number of oxime groups is 1. The fourth-order valence-electron chi connectivity index (χ4n) is 3.83. The Morgan fingerprint density at radius 1 is 1.09 bits per heavy atom. The van der Waals surface area contributed by atoms with Crippen LogP contribution < -0.4 is 15.4 Å². The minimum absolute atomic E-state index is 0.0202. The summed E-state index contributed by atoms with van der Waals surface area (Å²) in [7, 11) is 1.66. The maximum atomic E-state index is 5.70. The molecule has 0 spiro atoms. The van der Waals surface area contributed by atoms with Gasteiger partial charge in [0.2, 0.25) is 5.95 Å². The SMILES string of the molecule is COc1ccc(C2=NOC(CNc3nc(NCC4COCCO4)nc4c3SCC4)C2)cc1. The van der Waals surface area contributed by atoms with Crippen LogP contribution in [0.3, 0.4) is 0 Å². The molecular formula is C22H27N5O4S. The van der Waals surface area contributed by atoms with Gasteiger partial charge in [0.25, 0.3) is 0 Å². The van der Waals surface area contributed by atoms with Gasteiger partial charge in [0.1, 0.15) is 17.7 Å². The van der Waals surface area contributed by atoms with Gasteiger partial charge in [0.15, 0.2) is 0 Å². The summed E-state index contributed by atoms with van der Waals surface area (Å²) >= 11 is 1.79. The highest BCUT2D eigenvalue weighted by Gasteiger charge is 2.25. The van der Waals surface area contributed by atoms with Gasteiger partial charge in [-0.25, -0.2) is 4.98 Å². The zero-order valence-corrected chi connectivity index (χ0v) is 18.8. The van der Waals surface area contributed by atoms with E-state index in [0.29, 0.717) is 38.9 Å². The van der Waals surface area contributed by atoms with Gasteiger partial charge in [-0.15, -0.1) is 11.8 Å². The number of nitrogens with zero attached hydrogens (tertiary/aromatic N) is 3. The van der Waals surface area contributed by atoms with Crippen molar-refractivity contribution in [2.75, 3.05) is 56.4 Å².